The Morgan fingerprint density at radius 2 is 1.65 bits per heavy atom. The van der Waals surface area contributed by atoms with Gasteiger partial charge in [0.05, 0.1) is 16.3 Å². The van der Waals surface area contributed by atoms with Crippen LogP contribution in [0, 0.1) is 0 Å². The maximum absolute atomic E-state index is 13.5. The first-order chi connectivity index (χ1) is 15.1. The molecule has 5 heteroatoms. The SMILES string of the molecule is CCc1ccccc1N=C1S/C(=C\c2cccc(O)c2)C(=O)N1c1ccccc1CC. The minimum atomic E-state index is -0.109. The summed E-state index contributed by atoms with van der Waals surface area (Å²) in [4.78, 5) is 20.7. The Morgan fingerprint density at radius 3 is 2.39 bits per heavy atom. The van der Waals surface area contributed by atoms with Gasteiger partial charge in [0.2, 0.25) is 0 Å². The second-order valence-electron chi connectivity index (χ2n) is 7.21. The van der Waals surface area contributed by atoms with Gasteiger partial charge in [0.15, 0.2) is 5.17 Å². The van der Waals surface area contributed by atoms with E-state index in [1.54, 1.807) is 23.1 Å². The molecule has 31 heavy (non-hydrogen) atoms. The predicted molar refractivity (Wildman–Crippen MR) is 130 cm³/mol. The maximum Gasteiger partial charge on any atom is 0.271 e. The standard InChI is InChI=1S/C26H24N2O2S/c1-3-19-11-5-7-14-22(19)27-26-28(23-15-8-6-12-20(23)4-2)25(30)24(31-26)17-18-10-9-13-21(29)16-18/h5-17,29H,3-4H2,1-2H3/b24-17-,27-26?. The second-order valence-corrected chi connectivity index (χ2v) is 8.21. The van der Waals surface area contributed by atoms with Gasteiger partial charge in [-0.2, -0.15) is 0 Å². The molecule has 4 rings (SSSR count). The van der Waals surface area contributed by atoms with Gasteiger partial charge in [-0.3, -0.25) is 9.69 Å². The summed E-state index contributed by atoms with van der Waals surface area (Å²) >= 11 is 1.36. The van der Waals surface area contributed by atoms with Crippen LogP contribution in [-0.4, -0.2) is 16.2 Å². The van der Waals surface area contributed by atoms with Crippen LogP contribution in [0.15, 0.2) is 82.7 Å². The molecule has 156 valence electrons. The molecule has 0 radical (unpaired) electrons. The van der Waals surface area contributed by atoms with Crippen LogP contribution >= 0.6 is 11.8 Å². The number of carbonyl (C=O) groups excluding carboxylic acids is 1. The minimum absolute atomic E-state index is 0.109. The highest BCUT2D eigenvalue weighted by Crippen LogP contribution is 2.39. The molecular formula is C26H24N2O2S. The number of carbonyl (C=O) groups is 1. The van der Waals surface area contributed by atoms with Crippen LogP contribution in [0.2, 0.25) is 0 Å². The third-order valence-corrected chi connectivity index (χ3v) is 6.15. The van der Waals surface area contributed by atoms with E-state index in [-0.39, 0.29) is 11.7 Å². The third kappa shape index (κ3) is 4.42. The number of hydrogen-bond acceptors (Lipinski definition) is 4. The van der Waals surface area contributed by atoms with Gasteiger partial charge in [0, 0.05) is 0 Å². The summed E-state index contributed by atoms with van der Waals surface area (Å²) in [6, 6.07) is 22.9. The number of nitrogens with zero attached hydrogens (tertiary/aromatic N) is 2. The van der Waals surface area contributed by atoms with Crippen LogP contribution in [0.25, 0.3) is 6.08 Å². The fourth-order valence-electron chi connectivity index (χ4n) is 3.58. The Labute approximate surface area is 187 Å². The molecule has 1 aliphatic heterocycles. The van der Waals surface area contributed by atoms with Crippen molar-refractivity contribution in [2.45, 2.75) is 26.7 Å². The van der Waals surface area contributed by atoms with Crippen LogP contribution in [-0.2, 0) is 17.6 Å². The Kier molecular flexibility index (Phi) is 6.23. The summed E-state index contributed by atoms with van der Waals surface area (Å²) in [7, 11) is 0. The van der Waals surface area contributed by atoms with Gasteiger partial charge in [-0.05, 0) is 71.6 Å². The Hall–Kier alpha value is -3.31. The highest BCUT2D eigenvalue weighted by molar-refractivity contribution is 8.19. The fraction of sp³-hybridized carbons (Fsp3) is 0.154. The lowest BCUT2D eigenvalue weighted by Gasteiger charge is -2.19. The van der Waals surface area contributed by atoms with Crippen molar-refractivity contribution < 1.29 is 9.90 Å². The first kappa shape index (κ1) is 20.9. The summed E-state index contributed by atoms with van der Waals surface area (Å²) in [6.07, 6.45) is 3.49. The lowest BCUT2D eigenvalue weighted by molar-refractivity contribution is -0.113. The predicted octanol–water partition coefficient (Wildman–Crippen LogP) is 6.33. The quantitative estimate of drug-likeness (QED) is 0.484. The van der Waals surface area contributed by atoms with Crippen molar-refractivity contribution >= 4 is 40.3 Å². The fourth-order valence-corrected chi connectivity index (χ4v) is 4.56. The number of aliphatic imine (C=N–C) groups is 1. The first-order valence-electron chi connectivity index (χ1n) is 10.4. The second kappa shape index (κ2) is 9.23. The van der Waals surface area contributed by atoms with Crippen molar-refractivity contribution in [3.63, 3.8) is 0 Å². The highest BCUT2D eigenvalue weighted by atomic mass is 32.2. The van der Waals surface area contributed by atoms with E-state index in [9.17, 15) is 9.90 Å². The normalized spacial score (nSPS) is 16.5. The molecule has 1 N–H and O–H groups in total. The number of phenolic OH excluding ortho intramolecular Hbond substituents is 1. The van der Waals surface area contributed by atoms with Crippen molar-refractivity contribution in [3.05, 3.63) is 94.4 Å². The molecule has 4 nitrogen and oxygen atoms in total. The van der Waals surface area contributed by atoms with E-state index in [0.717, 1.165) is 40.9 Å². The van der Waals surface area contributed by atoms with Crippen molar-refractivity contribution in [3.8, 4) is 5.75 Å². The molecule has 0 bridgehead atoms. The number of rotatable bonds is 5. The number of phenols is 1. The van der Waals surface area contributed by atoms with Gasteiger partial charge in [-0.1, -0.05) is 62.4 Å². The molecule has 1 saturated heterocycles. The zero-order chi connectivity index (χ0) is 21.8. The molecule has 0 aliphatic carbocycles. The Morgan fingerprint density at radius 1 is 0.935 bits per heavy atom. The molecule has 0 spiro atoms. The third-order valence-electron chi connectivity index (χ3n) is 5.18. The number of hydrogen-bond donors (Lipinski definition) is 1. The monoisotopic (exact) mass is 428 g/mol. The zero-order valence-electron chi connectivity index (χ0n) is 17.6. The van der Waals surface area contributed by atoms with Crippen molar-refractivity contribution in [2.24, 2.45) is 4.99 Å². The summed E-state index contributed by atoms with van der Waals surface area (Å²) in [5.74, 6) is 0.0608. The van der Waals surface area contributed by atoms with E-state index in [1.807, 2.05) is 54.6 Å². The summed E-state index contributed by atoms with van der Waals surface area (Å²) in [5, 5.41) is 10.4. The van der Waals surface area contributed by atoms with Crippen LogP contribution in [0.3, 0.4) is 0 Å². The molecule has 3 aromatic rings. The molecule has 1 amide bonds. The number of anilines is 1. The zero-order valence-corrected chi connectivity index (χ0v) is 18.4. The number of aryl methyl sites for hydroxylation is 2. The summed E-state index contributed by atoms with van der Waals surface area (Å²) < 4.78 is 0. The lowest BCUT2D eigenvalue weighted by atomic mass is 10.1. The molecular weight excluding hydrogens is 404 g/mol. The summed E-state index contributed by atoms with van der Waals surface area (Å²) in [5.41, 5.74) is 4.73. The van der Waals surface area contributed by atoms with E-state index < -0.39 is 0 Å². The molecule has 0 atom stereocenters. The van der Waals surface area contributed by atoms with E-state index >= 15 is 0 Å². The van der Waals surface area contributed by atoms with E-state index in [4.69, 9.17) is 4.99 Å². The van der Waals surface area contributed by atoms with E-state index in [0.29, 0.717) is 10.1 Å². The van der Waals surface area contributed by atoms with Gasteiger partial charge in [0.1, 0.15) is 5.75 Å². The first-order valence-corrected chi connectivity index (χ1v) is 11.2. The van der Waals surface area contributed by atoms with Crippen molar-refractivity contribution in [1.82, 2.24) is 0 Å². The van der Waals surface area contributed by atoms with Crippen LogP contribution in [0.5, 0.6) is 5.75 Å². The number of benzene rings is 3. The van der Waals surface area contributed by atoms with E-state index in [1.165, 1.54) is 11.8 Å². The molecule has 1 heterocycles. The van der Waals surface area contributed by atoms with E-state index in [2.05, 4.69) is 19.9 Å². The molecule has 3 aromatic carbocycles. The Balaban J connectivity index is 1.84. The lowest BCUT2D eigenvalue weighted by Crippen LogP contribution is -2.29. The molecule has 0 unspecified atom stereocenters. The smallest absolute Gasteiger partial charge is 0.271 e. The number of thioether (sulfide) groups is 1. The number of amides is 1. The van der Waals surface area contributed by atoms with Gasteiger partial charge in [0.25, 0.3) is 5.91 Å². The topological polar surface area (TPSA) is 52.9 Å². The van der Waals surface area contributed by atoms with Crippen LogP contribution in [0.4, 0.5) is 11.4 Å². The van der Waals surface area contributed by atoms with Crippen molar-refractivity contribution in [2.75, 3.05) is 4.90 Å². The molecule has 0 saturated carbocycles. The largest absolute Gasteiger partial charge is 0.508 e. The molecule has 1 aliphatic rings. The number of para-hydroxylation sites is 2. The number of amidine groups is 1. The number of aromatic hydroxyl groups is 1. The average molecular weight is 429 g/mol. The highest BCUT2D eigenvalue weighted by Gasteiger charge is 2.35. The maximum atomic E-state index is 13.5. The Bertz CT molecular complexity index is 1180. The minimum Gasteiger partial charge on any atom is -0.508 e. The average Bonchev–Trinajstić information content (AvgIpc) is 3.08. The van der Waals surface area contributed by atoms with Gasteiger partial charge < -0.3 is 5.11 Å². The van der Waals surface area contributed by atoms with Gasteiger partial charge in [-0.25, -0.2) is 4.99 Å². The summed E-state index contributed by atoms with van der Waals surface area (Å²) in [6.45, 7) is 4.18. The van der Waals surface area contributed by atoms with Crippen molar-refractivity contribution in [1.29, 1.82) is 0 Å². The molecule has 0 aromatic heterocycles. The van der Waals surface area contributed by atoms with Gasteiger partial charge >= 0.3 is 0 Å². The van der Waals surface area contributed by atoms with Gasteiger partial charge in [-0.15, -0.1) is 0 Å². The molecule has 1 fully saturated rings. The van der Waals surface area contributed by atoms with Crippen LogP contribution in [0.1, 0.15) is 30.5 Å². The van der Waals surface area contributed by atoms with Crippen LogP contribution < -0.4 is 4.90 Å².